The minimum absolute atomic E-state index is 0.160. The van der Waals surface area contributed by atoms with E-state index >= 15 is 0 Å². The van der Waals surface area contributed by atoms with Crippen molar-refractivity contribution in [2.75, 3.05) is 27.4 Å². The fraction of sp³-hybridized carbons (Fsp3) is 0.263. The summed E-state index contributed by atoms with van der Waals surface area (Å²) in [6, 6.07) is 8.71. The number of rotatable bonds is 6. The molecule has 2 aromatic rings. The Hall–Kier alpha value is -2.93. The molecule has 1 amide bonds. The fourth-order valence-electron chi connectivity index (χ4n) is 2.57. The number of fused-ring (bicyclic) bond motifs is 1. The second-order valence-electron chi connectivity index (χ2n) is 5.68. The standard InChI is InChI=1S/C19H19ClN2O5/c1-24-16-9-13(14(20)10-17(16)25-2)11-21-22-19(23)8-12-3-4-15-18(7-12)27-6-5-26-15/h3-4,7,9-11H,5-6,8H2,1-2H3,(H,22,23)/b21-11-. The predicted octanol–water partition coefficient (Wildman–Crippen LogP) is 2.82. The Morgan fingerprint density at radius 2 is 1.85 bits per heavy atom. The highest BCUT2D eigenvalue weighted by molar-refractivity contribution is 6.33. The number of ether oxygens (including phenoxy) is 4. The second-order valence-corrected chi connectivity index (χ2v) is 6.08. The van der Waals surface area contributed by atoms with Gasteiger partial charge in [0.1, 0.15) is 13.2 Å². The van der Waals surface area contributed by atoms with Gasteiger partial charge in [-0.15, -0.1) is 0 Å². The first-order chi connectivity index (χ1) is 13.1. The van der Waals surface area contributed by atoms with E-state index in [0.29, 0.717) is 46.8 Å². The van der Waals surface area contributed by atoms with E-state index in [9.17, 15) is 4.79 Å². The third kappa shape index (κ3) is 4.62. The summed E-state index contributed by atoms with van der Waals surface area (Å²) in [5.74, 6) is 2.10. The maximum atomic E-state index is 12.1. The van der Waals surface area contributed by atoms with E-state index in [1.165, 1.54) is 20.4 Å². The van der Waals surface area contributed by atoms with Crippen LogP contribution >= 0.6 is 11.6 Å². The maximum absolute atomic E-state index is 12.1. The molecule has 0 atom stereocenters. The lowest BCUT2D eigenvalue weighted by atomic mass is 10.1. The zero-order chi connectivity index (χ0) is 19.2. The SMILES string of the molecule is COc1cc(Cl)c(/C=N\NC(=O)Cc2ccc3c(c2)OCCO3)cc1OC. The minimum Gasteiger partial charge on any atom is -0.493 e. The molecular formula is C19H19ClN2O5. The Morgan fingerprint density at radius 3 is 2.59 bits per heavy atom. The molecule has 2 aromatic carbocycles. The Morgan fingerprint density at radius 1 is 1.15 bits per heavy atom. The van der Waals surface area contributed by atoms with Crippen LogP contribution in [0.1, 0.15) is 11.1 Å². The lowest BCUT2D eigenvalue weighted by Crippen LogP contribution is -2.20. The molecule has 1 aliphatic rings. The summed E-state index contributed by atoms with van der Waals surface area (Å²) in [7, 11) is 3.06. The van der Waals surface area contributed by atoms with Crippen LogP contribution in [0.4, 0.5) is 0 Å². The summed E-state index contributed by atoms with van der Waals surface area (Å²) in [6.07, 6.45) is 1.61. The van der Waals surface area contributed by atoms with Gasteiger partial charge in [-0.05, 0) is 23.8 Å². The Labute approximate surface area is 161 Å². The molecule has 0 aliphatic carbocycles. The number of hydrazone groups is 1. The molecule has 8 heteroatoms. The topological polar surface area (TPSA) is 78.4 Å². The zero-order valence-electron chi connectivity index (χ0n) is 15.0. The molecule has 0 radical (unpaired) electrons. The van der Waals surface area contributed by atoms with Crippen molar-refractivity contribution in [3.63, 3.8) is 0 Å². The number of carbonyl (C=O) groups excluding carboxylic acids is 1. The molecule has 1 heterocycles. The van der Waals surface area contributed by atoms with Crippen LogP contribution in [0.2, 0.25) is 5.02 Å². The van der Waals surface area contributed by atoms with Crippen molar-refractivity contribution in [1.29, 1.82) is 0 Å². The van der Waals surface area contributed by atoms with Crippen LogP contribution in [-0.2, 0) is 11.2 Å². The van der Waals surface area contributed by atoms with Crippen molar-refractivity contribution in [3.05, 3.63) is 46.5 Å². The lowest BCUT2D eigenvalue weighted by Gasteiger charge is -2.18. The zero-order valence-corrected chi connectivity index (χ0v) is 15.7. The Kier molecular flexibility index (Phi) is 6.03. The van der Waals surface area contributed by atoms with Gasteiger partial charge in [0, 0.05) is 11.6 Å². The molecule has 0 fully saturated rings. The van der Waals surface area contributed by atoms with Gasteiger partial charge in [0.25, 0.3) is 0 Å². The summed E-state index contributed by atoms with van der Waals surface area (Å²) in [5, 5.41) is 4.38. The predicted molar refractivity (Wildman–Crippen MR) is 101 cm³/mol. The first kappa shape index (κ1) is 18.8. The Balaban J connectivity index is 1.62. The van der Waals surface area contributed by atoms with E-state index in [0.717, 1.165) is 5.56 Å². The van der Waals surface area contributed by atoms with Gasteiger partial charge < -0.3 is 18.9 Å². The van der Waals surface area contributed by atoms with E-state index < -0.39 is 0 Å². The number of halogens is 1. The van der Waals surface area contributed by atoms with Gasteiger partial charge in [0.05, 0.1) is 31.9 Å². The van der Waals surface area contributed by atoms with Crippen molar-refractivity contribution in [2.45, 2.75) is 6.42 Å². The second kappa shape index (κ2) is 8.64. The highest BCUT2D eigenvalue weighted by atomic mass is 35.5. The monoisotopic (exact) mass is 390 g/mol. The van der Waals surface area contributed by atoms with Crippen LogP contribution in [0.25, 0.3) is 0 Å². The number of nitrogens with one attached hydrogen (secondary N) is 1. The molecule has 7 nitrogen and oxygen atoms in total. The van der Waals surface area contributed by atoms with Crippen molar-refractivity contribution in [3.8, 4) is 23.0 Å². The third-order valence-electron chi connectivity index (χ3n) is 3.87. The van der Waals surface area contributed by atoms with Gasteiger partial charge >= 0.3 is 0 Å². The average molecular weight is 391 g/mol. The molecule has 142 valence electrons. The molecule has 0 saturated heterocycles. The molecule has 0 aromatic heterocycles. The molecular weight excluding hydrogens is 372 g/mol. The molecule has 1 aliphatic heterocycles. The number of carbonyl (C=O) groups is 1. The van der Waals surface area contributed by atoms with Crippen molar-refractivity contribution in [1.82, 2.24) is 5.43 Å². The van der Waals surface area contributed by atoms with Gasteiger partial charge in [-0.1, -0.05) is 17.7 Å². The molecule has 0 saturated carbocycles. The van der Waals surface area contributed by atoms with E-state index in [2.05, 4.69) is 10.5 Å². The number of amides is 1. The van der Waals surface area contributed by atoms with Crippen molar-refractivity contribution >= 4 is 23.7 Å². The van der Waals surface area contributed by atoms with E-state index in [-0.39, 0.29) is 12.3 Å². The minimum atomic E-state index is -0.264. The third-order valence-corrected chi connectivity index (χ3v) is 4.19. The van der Waals surface area contributed by atoms with Gasteiger partial charge in [-0.3, -0.25) is 4.79 Å². The maximum Gasteiger partial charge on any atom is 0.244 e. The summed E-state index contributed by atoms with van der Waals surface area (Å²) in [5.41, 5.74) is 3.87. The van der Waals surface area contributed by atoms with Crippen LogP contribution in [0, 0.1) is 0 Å². The first-order valence-electron chi connectivity index (χ1n) is 8.22. The number of nitrogens with zero attached hydrogens (tertiary/aromatic N) is 1. The summed E-state index contributed by atoms with van der Waals surface area (Å²) >= 11 is 6.18. The summed E-state index contributed by atoms with van der Waals surface area (Å²) in [6.45, 7) is 1.03. The van der Waals surface area contributed by atoms with Gasteiger partial charge in [0.2, 0.25) is 5.91 Å². The molecule has 27 heavy (non-hydrogen) atoms. The lowest BCUT2D eigenvalue weighted by molar-refractivity contribution is -0.120. The molecule has 0 bridgehead atoms. The normalized spacial score (nSPS) is 12.7. The number of hydrogen-bond donors (Lipinski definition) is 1. The number of hydrogen-bond acceptors (Lipinski definition) is 6. The van der Waals surface area contributed by atoms with Gasteiger partial charge in [-0.2, -0.15) is 5.10 Å². The van der Waals surface area contributed by atoms with Crippen LogP contribution in [0.3, 0.4) is 0 Å². The highest BCUT2D eigenvalue weighted by Crippen LogP contribution is 2.32. The van der Waals surface area contributed by atoms with E-state index in [1.54, 1.807) is 24.3 Å². The van der Waals surface area contributed by atoms with Crippen LogP contribution in [0.5, 0.6) is 23.0 Å². The van der Waals surface area contributed by atoms with Gasteiger partial charge in [0.15, 0.2) is 23.0 Å². The number of methoxy groups -OCH3 is 2. The largest absolute Gasteiger partial charge is 0.493 e. The first-order valence-corrected chi connectivity index (χ1v) is 8.60. The van der Waals surface area contributed by atoms with Crippen molar-refractivity contribution < 1.29 is 23.7 Å². The Bertz CT molecular complexity index is 869. The fourth-order valence-corrected chi connectivity index (χ4v) is 2.77. The van der Waals surface area contributed by atoms with Crippen LogP contribution < -0.4 is 24.4 Å². The van der Waals surface area contributed by atoms with Crippen LogP contribution in [0.15, 0.2) is 35.4 Å². The van der Waals surface area contributed by atoms with Crippen molar-refractivity contribution in [2.24, 2.45) is 5.10 Å². The molecule has 0 spiro atoms. The van der Waals surface area contributed by atoms with Crippen LogP contribution in [-0.4, -0.2) is 39.6 Å². The smallest absolute Gasteiger partial charge is 0.244 e. The summed E-state index contributed by atoms with van der Waals surface area (Å²) < 4.78 is 21.4. The summed E-state index contributed by atoms with van der Waals surface area (Å²) in [4.78, 5) is 12.1. The quantitative estimate of drug-likeness (QED) is 0.606. The van der Waals surface area contributed by atoms with E-state index in [1.807, 2.05) is 6.07 Å². The average Bonchev–Trinajstić information content (AvgIpc) is 2.68. The molecule has 0 unspecified atom stereocenters. The highest BCUT2D eigenvalue weighted by Gasteiger charge is 2.13. The molecule has 3 rings (SSSR count). The van der Waals surface area contributed by atoms with Gasteiger partial charge in [-0.25, -0.2) is 5.43 Å². The van der Waals surface area contributed by atoms with E-state index in [4.69, 9.17) is 30.5 Å². The molecule has 1 N–H and O–H groups in total. The number of benzene rings is 2.